The van der Waals surface area contributed by atoms with Gasteiger partial charge in [0.1, 0.15) is 5.75 Å². The number of aliphatic imine (C=N–C) groups is 1. The molecule has 0 unspecified atom stereocenters. The van der Waals surface area contributed by atoms with Crippen LogP contribution in [0.4, 0.5) is 33.2 Å². The van der Waals surface area contributed by atoms with Crippen molar-refractivity contribution in [3.63, 3.8) is 0 Å². The molecule has 10 heteroatoms. The second-order valence-corrected chi connectivity index (χ2v) is 8.47. The van der Waals surface area contributed by atoms with Crippen molar-refractivity contribution in [1.82, 2.24) is 0 Å². The van der Waals surface area contributed by atoms with Crippen molar-refractivity contribution in [2.45, 2.75) is 33.6 Å². The normalized spacial score (nSPS) is 12.3. The maximum atomic E-state index is 12.2. The number of nitrogens with one attached hydrogen (secondary N) is 2. The first-order valence-electron chi connectivity index (χ1n) is 11.2. The predicted octanol–water partition coefficient (Wildman–Crippen LogP) is 6.39. The zero-order valence-corrected chi connectivity index (χ0v) is 20.4. The van der Waals surface area contributed by atoms with Gasteiger partial charge in [-0.05, 0) is 79.9 Å². The van der Waals surface area contributed by atoms with E-state index in [1.54, 1.807) is 35.2 Å². The Labute approximate surface area is 221 Å². The lowest BCUT2D eigenvalue weighted by Gasteiger charge is -2.28. The molecule has 194 valence electrons. The molecule has 1 fully saturated rings. The van der Waals surface area contributed by atoms with E-state index in [2.05, 4.69) is 15.6 Å². The van der Waals surface area contributed by atoms with E-state index in [4.69, 9.17) is 17.3 Å². The second kappa shape index (κ2) is 13.7. The first-order chi connectivity index (χ1) is 17.3. The average Bonchev–Trinajstić information content (AvgIpc) is 2.84. The van der Waals surface area contributed by atoms with Crippen molar-refractivity contribution < 1.29 is 19.5 Å². The molecule has 0 aliphatic carbocycles. The summed E-state index contributed by atoms with van der Waals surface area (Å²) in [6.45, 7) is 2.64. The minimum absolute atomic E-state index is 0. The Morgan fingerprint density at radius 1 is 1.08 bits per heavy atom. The fourth-order valence-electron chi connectivity index (χ4n) is 3.60. The number of urea groups is 1. The lowest BCUT2D eigenvalue weighted by Crippen LogP contribution is -2.35. The summed E-state index contributed by atoms with van der Waals surface area (Å²) in [4.78, 5) is 39.2. The SMILES string of the molecule is C.Cc1cc(NC(=O)Nc2cc(O)ccc2N)ccc1N1CCCCC1=O.O=C=Nc1ccc(Cl)cc1. The summed E-state index contributed by atoms with van der Waals surface area (Å²) in [5, 5.41) is 15.5. The highest BCUT2D eigenvalue weighted by molar-refractivity contribution is 6.30. The van der Waals surface area contributed by atoms with Gasteiger partial charge in [0.05, 0.1) is 17.1 Å². The number of piperidine rings is 1. The fourth-order valence-corrected chi connectivity index (χ4v) is 3.73. The van der Waals surface area contributed by atoms with Crippen LogP contribution in [0.1, 0.15) is 32.3 Å². The fraction of sp³-hybridized carbons (Fsp3) is 0.222. The van der Waals surface area contributed by atoms with E-state index in [0.717, 1.165) is 30.6 Å². The molecule has 0 aromatic heterocycles. The van der Waals surface area contributed by atoms with Crippen LogP contribution >= 0.6 is 11.6 Å². The lowest BCUT2D eigenvalue weighted by molar-refractivity contribution is -0.119. The van der Waals surface area contributed by atoms with Crippen molar-refractivity contribution in [1.29, 1.82) is 0 Å². The standard InChI is InChI=1S/C19H22N4O3.C7H4ClNO.CH4/c1-12-10-13(5-8-17(12)23-9-3-2-4-18(23)25)21-19(26)22-16-11-14(24)6-7-15(16)20;8-6-1-3-7(4-2-6)9-5-10;/h5-8,10-11,24H,2-4,9,20H2,1H3,(H2,21,22,26);1-4H;1H4. The van der Waals surface area contributed by atoms with Gasteiger partial charge in [-0.2, -0.15) is 4.99 Å². The number of nitrogen functional groups attached to an aromatic ring is 1. The zero-order chi connectivity index (χ0) is 26.1. The number of amides is 3. The number of hydrogen-bond acceptors (Lipinski definition) is 6. The molecular formula is C27H30ClN5O4. The number of anilines is 4. The molecule has 4 rings (SSSR count). The maximum Gasteiger partial charge on any atom is 0.323 e. The highest BCUT2D eigenvalue weighted by atomic mass is 35.5. The molecule has 37 heavy (non-hydrogen) atoms. The minimum atomic E-state index is -0.469. The highest BCUT2D eigenvalue weighted by Crippen LogP contribution is 2.28. The van der Waals surface area contributed by atoms with Crippen molar-refractivity contribution in [3.8, 4) is 5.75 Å². The van der Waals surface area contributed by atoms with Crippen molar-refractivity contribution >= 4 is 58.1 Å². The van der Waals surface area contributed by atoms with Crippen LogP contribution in [0.3, 0.4) is 0 Å². The second-order valence-electron chi connectivity index (χ2n) is 8.03. The molecule has 0 spiro atoms. The smallest absolute Gasteiger partial charge is 0.323 e. The van der Waals surface area contributed by atoms with Gasteiger partial charge < -0.3 is 26.4 Å². The summed E-state index contributed by atoms with van der Waals surface area (Å²) in [7, 11) is 0. The Bertz CT molecular complexity index is 1290. The summed E-state index contributed by atoms with van der Waals surface area (Å²) >= 11 is 5.57. The number of benzene rings is 3. The van der Waals surface area contributed by atoms with Crippen LogP contribution in [0.2, 0.25) is 5.02 Å². The number of phenols is 1. The molecule has 1 saturated heterocycles. The molecule has 0 atom stereocenters. The Hall–Kier alpha value is -4.33. The number of carbonyl (C=O) groups is 2. The quantitative estimate of drug-likeness (QED) is 0.136. The van der Waals surface area contributed by atoms with Crippen molar-refractivity contribution in [3.05, 3.63) is 71.2 Å². The van der Waals surface area contributed by atoms with E-state index in [1.807, 2.05) is 19.1 Å². The van der Waals surface area contributed by atoms with Gasteiger partial charge in [0.2, 0.25) is 12.0 Å². The van der Waals surface area contributed by atoms with E-state index in [-0.39, 0.29) is 19.1 Å². The van der Waals surface area contributed by atoms with Gasteiger partial charge in [-0.1, -0.05) is 19.0 Å². The number of halogens is 1. The van der Waals surface area contributed by atoms with Crippen LogP contribution in [0.25, 0.3) is 0 Å². The molecule has 9 nitrogen and oxygen atoms in total. The van der Waals surface area contributed by atoms with Crippen LogP contribution in [-0.4, -0.2) is 29.7 Å². The number of carbonyl (C=O) groups excluding carboxylic acids is 3. The van der Waals surface area contributed by atoms with E-state index in [0.29, 0.717) is 34.2 Å². The van der Waals surface area contributed by atoms with E-state index in [9.17, 15) is 19.5 Å². The van der Waals surface area contributed by atoms with Gasteiger partial charge in [-0.3, -0.25) is 4.79 Å². The molecule has 3 aromatic carbocycles. The first-order valence-corrected chi connectivity index (χ1v) is 11.6. The Morgan fingerprint density at radius 3 is 2.46 bits per heavy atom. The van der Waals surface area contributed by atoms with Crippen LogP contribution in [0.5, 0.6) is 5.75 Å². The Balaban J connectivity index is 0.000000369. The Kier molecular flexibility index (Phi) is 10.7. The number of aryl methyl sites for hydroxylation is 1. The maximum absolute atomic E-state index is 12.2. The summed E-state index contributed by atoms with van der Waals surface area (Å²) in [5.41, 5.74) is 9.42. The largest absolute Gasteiger partial charge is 0.508 e. The van der Waals surface area contributed by atoms with Gasteiger partial charge in [-0.15, -0.1) is 0 Å². The topological polar surface area (TPSA) is 137 Å². The third-order valence-corrected chi connectivity index (χ3v) is 5.61. The van der Waals surface area contributed by atoms with Gasteiger partial charge in [0.15, 0.2) is 0 Å². The summed E-state index contributed by atoms with van der Waals surface area (Å²) in [5.74, 6) is 0.151. The van der Waals surface area contributed by atoms with Gasteiger partial charge in [-0.25, -0.2) is 9.59 Å². The van der Waals surface area contributed by atoms with Crippen LogP contribution in [0, 0.1) is 6.92 Å². The van der Waals surface area contributed by atoms with Crippen LogP contribution in [-0.2, 0) is 9.59 Å². The Morgan fingerprint density at radius 2 is 1.81 bits per heavy atom. The molecule has 3 amide bonds. The van der Waals surface area contributed by atoms with E-state index >= 15 is 0 Å². The lowest BCUT2D eigenvalue weighted by atomic mass is 10.1. The monoisotopic (exact) mass is 523 g/mol. The number of nitrogens with two attached hydrogens (primary N) is 1. The number of phenolic OH excluding ortho intramolecular Hbond substituents is 1. The van der Waals surface area contributed by atoms with Gasteiger partial charge in [0.25, 0.3) is 0 Å². The molecule has 1 heterocycles. The number of isocyanates is 1. The van der Waals surface area contributed by atoms with E-state index in [1.165, 1.54) is 24.3 Å². The molecule has 0 saturated carbocycles. The number of rotatable bonds is 4. The summed E-state index contributed by atoms with van der Waals surface area (Å²) in [6, 6.07) is 15.9. The van der Waals surface area contributed by atoms with Gasteiger partial charge >= 0.3 is 6.03 Å². The number of aromatic hydroxyl groups is 1. The summed E-state index contributed by atoms with van der Waals surface area (Å²) in [6.07, 6.45) is 3.95. The molecular weight excluding hydrogens is 494 g/mol. The van der Waals surface area contributed by atoms with E-state index < -0.39 is 6.03 Å². The summed E-state index contributed by atoms with van der Waals surface area (Å²) < 4.78 is 0. The van der Waals surface area contributed by atoms with Gasteiger partial charge in [0, 0.05) is 35.4 Å². The average molecular weight is 524 g/mol. The predicted molar refractivity (Wildman–Crippen MR) is 149 cm³/mol. The molecule has 3 aromatic rings. The third kappa shape index (κ3) is 8.38. The first kappa shape index (κ1) is 28.9. The molecule has 1 aliphatic rings. The third-order valence-electron chi connectivity index (χ3n) is 5.36. The molecule has 1 aliphatic heterocycles. The highest BCUT2D eigenvalue weighted by Gasteiger charge is 2.21. The van der Waals surface area contributed by atoms with Crippen molar-refractivity contribution in [2.24, 2.45) is 4.99 Å². The zero-order valence-electron chi connectivity index (χ0n) is 19.6. The molecule has 0 bridgehead atoms. The number of hydrogen-bond donors (Lipinski definition) is 4. The van der Waals surface area contributed by atoms with Crippen LogP contribution < -0.4 is 21.3 Å². The number of nitrogens with zero attached hydrogens (tertiary/aromatic N) is 2. The molecule has 5 N–H and O–H groups in total. The molecule has 0 radical (unpaired) electrons. The van der Waals surface area contributed by atoms with Crippen LogP contribution in [0.15, 0.2) is 65.7 Å². The minimum Gasteiger partial charge on any atom is -0.508 e. The van der Waals surface area contributed by atoms with Crippen molar-refractivity contribution in [2.75, 3.05) is 27.8 Å².